The van der Waals surface area contributed by atoms with E-state index in [0.29, 0.717) is 17.9 Å². The zero-order valence-electron chi connectivity index (χ0n) is 12.3. The molecular formula is C17H24N2O. The number of hydrogen-bond donors (Lipinski definition) is 0. The van der Waals surface area contributed by atoms with E-state index in [1.807, 2.05) is 18.2 Å². The van der Waals surface area contributed by atoms with E-state index in [2.05, 4.69) is 17.9 Å². The van der Waals surface area contributed by atoms with Crippen molar-refractivity contribution < 1.29 is 4.74 Å². The monoisotopic (exact) mass is 272 g/mol. The van der Waals surface area contributed by atoms with Gasteiger partial charge in [-0.2, -0.15) is 5.26 Å². The van der Waals surface area contributed by atoms with Crippen molar-refractivity contribution in [2.24, 2.45) is 0 Å². The van der Waals surface area contributed by atoms with E-state index in [1.165, 1.54) is 32.2 Å². The molecule has 0 aliphatic heterocycles. The number of hydrogen-bond acceptors (Lipinski definition) is 3. The Kier molecular flexibility index (Phi) is 5.88. The molecule has 3 heteroatoms. The number of nitrogens with zero attached hydrogens (tertiary/aromatic N) is 2. The van der Waals surface area contributed by atoms with Crippen LogP contribution in [-0.4, -0.2) is 30.6 Å². The first kappa shape index (κ1) is 14.9. The minimum absolute atomic E-state index is 0.623. The van der Waals surface area contributed by atoms with Crippen molar-refractivity contribution in [3.05, 3.63) is 29.8 Å². The number of nitriles is 1. The topological polar surface area (TPSA) is 36.3 Å². The van der Waals surface area contributed by atoms with Crippen LogP contribution >= 0.6 is 0 Å². The van der Waals surface area contributed by atoms with E-state index in [9.17, 15) is 0 Å². The summed E-state index contributed by atoms with van der Waals surface area (Å²) in [6.07, 6.45) is 6.30. The summed E-state index contributed by atoms with van der Waals surface area (Å²) in [5.74, 6) is 0.710. The Hall–Kier alpha value is -1.53. The summed E-state index contributed by atoms with van der Waals surface area (Å²) in [7, 11) is 0. The third-order valence-electron chi connectivity index (χ3n) is 3.72. The molecule has 1 saturated carbocycles. The molecule has 0 atom stereocenters. The van der Waals surface area contributed by atoms with Gasteiger partial charge in [0.1, 0.15) is 11.8 Å². The standard InChI is InChI=1S/C17H24N2O/c1-2-3-11-19(16-9-10-16)12-6-13-20-17-8-5-4-7-15(17)14-18/h4-5,7-8,16H,2-3,6,9-13H2,1H3. The molecule has 0 heterocycles. The van der Waals surface area contributed by atoms with E-state index < -0.39 is 0 Å². The van der Waals surface area contributed by atoms with Crippen LogP contribution < -0.4 is 4.74 Å². The van der Waals surface area contributed by atoms with Crippen LogP contribution in [0.2, 0.25) is 0 Å². The van der Waals surface area contributed by atoms with Crippen molar-refractivity contribution in [3.63, 3.8) is 0 Å². The number of rotatable bonds is 9. The van der Waals surface area contributed by atoms with Crippen LogP contribution in [0, 0.1) is 11.3 Å². The molecule has 1 aromatic rings. The predicted octanol–water partition coefficient (Wildman–Crippen LogP) is 3.59. The van der Waals surface area contributed by atoms with Gasteiger partial charge in [0.15, 0.2) is 0 Å². The maximum Gasteiger partial charge on any atom is 0.137 e. The average Bonchev–Trinajstić information content (AvgIpc) is 3.31. The molecular weight excluding hydrogens is 248 g/mol. The second-order valence-corrected chi connectivity index (χ2v) is 5.43. The highest BCUT2D eigenvalue weighted by molar-refractivity contribution is 5.42. The van der Waals surface area contributed by atoms with Gasteiger partial charge < -0.3 is 9.64 Å². The molecule has 1 aliphatic rings. The van der Waals surface area contributed by atoms with E-state index in [4.69, 9.17) is 10.00 Å². The van der Waals surface area contributed by atoms with Gasteiger partial charge in [-0.1, -0.05) is 25.5 Å². The molecule has 0 amide bonds. The van der Waals surface area contributed by atoms with Crippen LogP contribution in [0.15, 0.2) is 24.3 Å². The smallest absolute Gasteiger partial charge is 0.137 e. The summed E-state index contributed by atoms with van der Waals surface area (Å²) in [5, 5.41) is 9.00. The van der Waals surface area contributed by atoms with Crippen LogP contribution in [0.3, 0.4) is 0 Å². The lowest BCUT2D eigenvalue weighted by Crippen LogP contribution is -2.29. The van der Waals surface area contributed by atoms with E-state index in [1.54, 1.807) is 6.07 Å². The number of benzene rings is 1. The van der Waals surface area contributed by atoms with Crippen LogP contribution in [0.1, 0.15) is 44.6 Å². The van der Waals surface area contributed by atoms with Gasteiger partial charge in [-0.05, 0) is 44.4 Å². The summed E-state index contributed by atoms with van der Waals surface area (Å²) >= 11 is 0. The summed E-state index contributed by atoms with van der Waals surface area (Å²) < 4.78 is 5.73. The Labute approximate surface area is 122 Å². The van der Waals surface area contributed by atoms with Crippen molar-refractivity contribution in [1.29, 1.82) is 5.26 Å². The highest BCUT2D eigenvalue weighted by atomic mass is 16.5. The molecule has 0 spiro atoms. The zero-order chi connectivity index (χ0) is 14.2. The van der Waals surface area contributed by atoms with Crippen LogP contribution in [0.4, 0.5) is 0 Å². The first-order valence-corrected chi connectivity index (χ1v) is 7.71. The van der Waals surface area contributed by atoms with Crippen molar-refractivity contribution in [2.45, 2.75) is 45.1 Å². The Bertz CT molecular complexity index is 449. The summed E-state index contributed by atoms with van der Waals surface area (Å²) in [5.41, 5.74) is 0.623. The van der Waals surface area contributed by atoms with Gasteiger partial charge in [0.2, 0.25) is 0 Å². The number of para-hydroxylation sites is 1. The maximum atomic E-state index is 9.00. The van der Waals surface area contributed by atoms with E-state index in [0.717, 1.165) is 19.0 Å². The molecule has 20 heavy (non-hydrogen) atoms. The van der Waals surface area contributed by atoms with Crippen molar-refractivity contribution >= 4 is 0 Å². The lowest BCUT2D eigenvalue weighted by atomic mass is 10.2. The molecule has 0 aromatic heterocycles. The third kappa shape index (κ3) is 4.54. The molecule has 0 unspecified atom stereocenters. The fraction of sp³-hybridized carbons (Fsp3) is 0.588. The predicted molar refractivity (Wildman–Crippen MR) is 80.8 cm³/mol. The molecule has 2 rings (SSSR count). The van der Waals surface area contributed by atoms with Gasteiger partial charge in [0, 0.05) is 12.6 Å². The van der Waals surface area contributed by atoms with E-state index in [-0.39, 0.29) is 0 Å². The second kappa shape index (κ2) is 7.91. The zero-order valence-corrected chi connectivity index (χ0v) is 12.3. The molecule has 1 aliphatic carbocycles. The number of unbranched alkanes of at least 4 members (excludes halogenated alkanes) is 1. The fourth-order valence-electron chi connectivity index (χ4n) is 2.41. The van der Waals surface area contributed by atoms with Crippen molar-refractivity contribution in [2.75, 3.05) is 19.7 Å². The SMILES string of the molecule is CCCCN(CCCOc1ccccc1C#N)C1CC1. The third-order valence-corrected chi connectivity index (χ3v) is 3.72. The Morgan fingerprint density at radius 2 is 2.00 bits per heavy atom. The summed E-state index contributed by atoms with van der Waals surface area (Å²) in [4.78, 5) is 2.60. The fourth-order valence-corrected chi connectivity index (χ4v) is 2.41. The second-order valence-electron chi connectivity index (χ2n) is 5.43. The highest BCUT2D eigenvalue weighted by Crippen LogP contribution is 2.27. The minimum Gasteiger partial charge on any atom is -0.492 e. The van der Waals surface area contributed by atoms with Gasteiger partial charge >= 0.3 is 0 Å². The first-order valence-electron chi connectivity index (χ1n) is 7.71. The summed E-state index contributed by atoms with van der Waals surface area (Å²) in [6, 6.07) is 10.4. The lowest BCUT2D eigenvalue weighted by Gasteiger charge is -2.21. The van der Waals surface area contributed by atoms with Gasteiger partial charge in [0.05, 0.1) is 12.2 Å². The summed E-state index contributed by atoms with van der Waals surface area (Å²) in [6.45, 7) is 5.26. The molecule has 1 aromatic carbocycles. The van der Waals surface area contributed by atoms with Crippen LogP contribution in [0.25, 0.3) is 0 Å². The normalized spacial score (nSPS) is 14.2. The van der Waals surface area contributed by atoms with E-state index >= 15 is 0 Å². The highest BCUT2D eigenvalue weighted by Gasteiger charge is 2.27. The van der Waals surface area contributed by atoms with Gasteiger partial charge in [0.25, 0.3) is 0 Å². The molecule has 0 radical (unpaired) electrons. The maximum absolute atomic E-state index is 9.00. The molecule has 108 valence electrons. The average molecular weight is 272 g/mol. The Morgan fingerprint density at radius 3 is 2.70 bits per heavy atom. The lowest BCUT2D eigenvalue weighted by molar-refractivity contribution is 0.224. The number of ether oxygens (including phenoxy) is 1. The Balaban J connectivity index is 1.71. The van der Waals surface area contributed by atoms with Crippen molar-refractivity contribution in [3.8, 4) is 11.8 Å². The van der Waals surface area contributed by atoms with Crippen LogP contribution in [-0.2, 0) is 0 Å². The molecule has 1 fully saturated rings. The first-order chi connectivity index (χ1) is 9.85. The molecule has 0 bridgehead atoms. The van der Waals surface area contributed by atoms with Gasteiger partial charge in [-0.15, -0.1) is 0 Å². The molecule has 0 saturated heterocycles. The largest absolute Gasteiger partial charge is 0.492 e. The van der Waals surface area contributed by atoms with Crippen LogP contribution in [0.5, 0.6) is 5.75 Å². The quantitative estimate of drug-likeness (QED) is 0.644. The molecule has 0 N–H and O–H groups in total. The van der Waals surface area contributed by atoms with Gasteiger partial charge in [-0.3, -0.25) is 0 Å². The molecule has 3 nitrogen and oxygen atoms in total. The van der Waals surface area contributed by atoms with Crippen molar-refractivity contribution in [1.82, 2.24) is 4.90 Å². The van der Waals surface area contributed by atoms with Gasteiger partial charge in [-0.25, -0.2) is 0 Å². The Morgan fingerprint density at radius 1 is 1.25 bits per heavy atom. The minimum atomic E-state index is 0.623.